The van der Waals surface area contributed by atoms with E-state index in [-0.39, 0.29) is 12.4 Å². The van der Waals surface area contributed by atoms with E-state index in [1.807, 2.05) is 0 Å². The van der Waals surface area contributed by atoms with Crippen molar-refractivity contribution in [2.75, 3.05) is 7.11 Å². The molecule has 0 spiro atoms. The summed E-state index contributed by atoms with van der Waals surface area (Å²) in [4.78, 5) is 0.424. The topological polar surface area (TPSA) is 38.7 Å². The SMILES string of the molecule is COc1cccc(F)c1COc1cc(O)c(S)cc1Br. The van der Waals surface area contributed by atoms with E-state index in [4.69, 9.17) is 9.47 Å². The first-order valence-corrected chi connectivity index (χ1v) is 6.92. The van der Waals surface area contributed by atoms with Gasteiger partial charge in [0, 0.05) is 11.0 Å². The molecule has 0 bridgehead atoms. The summed E-state index contributed by atoms with van der Waals surface area (Å²) < 4.78 is 25.0. The third-order valence-corrected chi connectivity index (χ3v) is 3.67. The van der Waals surface area contributed by atoms with Gasteiger partial charge in [-0.05, 0) is 34.1 Å². The molecule has 0 radical (unpaired) electrons. The summed E-state index contributed by atoms with van der Waals surface area (Å²) in [6, 6.07) is 7.58. The largest absolute Gasteiger partial charge is 0.507 e. The lowest BCUT2D eigenvalue weighted by molar-refractivity contribution is 0.286. The van der Waals surface area contributed by atoms with Crippen molar-refractivity contribution in [3.05, 3.63) is 46.2 Å². The second-order valence-corrected chi connectivity index (χ2v) is 5.32. The van der Waals surface area contributed by atoms with Crippen molar-refractivity contribution in [1.29, 1.82) is 0 Å². The first-order valence-electron chi connectivity index (χ1n) is 5.68. The van der Waals surface area contributed by atoms with Crippen molar-refractivity contribution in [1.82, 2.24) is 0 Å². The van der Waals surface area contributed by atoms with E-state index in [0.717, 1.165) is 0 Å². The van der Waals surface area contributed by atoms with Gasteiger partial charge in [-0.25, -0.2) is 4.39 Å². The fourth-order valence-corrected chi connectivity index (χ4v) is 2.49. The third kappa shape index (κ3) is 3.19. The highest BCUT2D eigenvalue weighted by Gasteiger charge is 2.12. The molecule has 0 aliphatic rings. The Morgan fingerprint density at radius 3 is 2.75 bits per heavy atom. The van der Waals surface area contributed by atoms with Gasteiger partial charge in [0.15, 0.2) is 0 Å². The van der Waals surface area contributed by atoms with Gasteiger partial charge in [0.25, 0.3) is 0 Å². The van der Waals surface area contributed by atoms with Gasteiger partial charge in [-0.15, -0.1) is 12.6 Å². The Kier molecular flexibility index (Phi) is 4.77. The summed E-state index contributed by atoms with van der Waals surface area (Å²) in [5.74, 6) is 0.393. The molecule has 106 valence electrons. The molecule has 0 fully saturated rings. The number of methoxy groups -OCH3 is 1. The number of phenols is 1. The lowest BCUT2D eigenvalue weighted by Gasteiger charge is -2.13. The molecule has 20 heavy (non-hydrogen) atoms. The van der Waals surface area contributed by atoms with Crippen LogP contribution >= 0.6 is 28.6 Å². The first kappa shape index (κ1) is 15.0. The molecule has 1 N–H and O–H groups in total. The maximum atomic E-state index is 13.8. The average Bonchev–Trinajstić information content (AvgIpc) is 2.42. The number of aromatic hydroxyl groups is 1. The predicted octanol–water partition coefficient (Wildman–Crippen LogP) is 4.17. The Labute approximate surface area is 129 Å². The number of rotatable bonds is 4. The van der Waals surface area contributed by atoms with Crippen molar-refractivity contribution in [3.63, 3.8) is 0 Å². The van der Waals surface area contributed by atoms with Gasteiger partial charge in [0.2, 0.25) is 0 Å². The van der Waals surface area contributed by atoms with E-state index in [9.17, 15) is 9.50 Å². The summed E-state index contributed by atoms with van der Waals surface area (Å²) in [6.45, 7) is -0.0141. The van der Waals surface area contributed by atoms with Crippen molar-refractivity contribution in [2.45, 2.75) is 11.5 Å². The van der Waals surface area contributed by atoms with E-state index in [0.29, 0.717) is 26.4 Å². The van der Waals surface area contributed by atoms with Gasteiger partial charge in [-0.3, -0.25) is 0 Å². The number of thiol groups is 1. The van der Waals surface area contributed by atoms with E-state index < -0.39 is 5.82 Å². The second kappa shape index (κ2) is 6.37. The highest BCUT2D eigenvalue weighted by atomic mass is 79.9. The maximum Gasteiger partial charge on any atom is 0.137 e. The molecule has 2 aromatic carbocycles. The van der Waals surface area contributed by atoms with E-state index in [1.165, 1.54) is 19.2 Å². The fourth-order valence-electron chi connectivity index (χ4n) is 1.66. The minimum absolute atomic E-state index is 0.00738. The van der Waals surface area contributed by atoms with Gasteiger partial charge in [-0.1, -0.05) is 6.07 Å². The van der Waals surface area contributed by atoms with Gasteiger partial charge in [-0.2, -0.15) is 0 Å². The quantitative estimate of drug-likeness (QED) is 0.805. The van der Waals surface area contributed by atoms with Crippen LogP contribution < -0.4 is 9.47 Å². The van der Waals surface area contributed by atoms with Crippen LogP contribution in [-0.2, 0) is 6.61 Å². The van der Waals surface area contributed by atoms with Crippen molar-refractivity contribution >= 4 is 28.6 Å². The highest BCUT2D eigenvalue weighted by molar-refractivity contribution is 9.10. The number of hydrogen-bond acceptors (Lipinski definition) is 4. The first-order chi connectivity index (χ1) is 9.52. The van der Waals surface area contributed by atoms with Gasteiger partial charge in [0.05, 0.1) is 17.1 Å². The summed E-state index contributed by atoms with van der Waals surface area (Å²) in [5.41, 5.74) is 0.316. The molecule has 0 heterocycles. The van der Waals surface area contributed by atoms with Crippen LogP contribution in [-0.4, -0.2) is 12.2 Å². The number of hydrogen-bond donors (Lipinski definition) is 2. The zero-order chi connectivity index (χ0) is 14.7. The standard InChI is InChI=1S/C14H12BrFO3S/c1-18-12-4-2-3-10(16)8(12)7-19-13-6-11(17)14(20)5-9(13)15/h2-6,17,20H,7H2,1H3. The minimum Gasteiger partial charge on any atom is -0.507 e. The number of phenolic OH excluding ortho intramolecular Hbond substituents is 1. The second-order valence-electron chi connectivity index (χ2n) is 3.98. The summed E-state index contributed by atoms with van der Waals surface area (Å²) in [6.07, 6.45) is 0. The van der Waals surface area contributed by atoms with Crippen LogP contribution in [0.15, 0.2) is 39.7 Å². The lowest BCUT2D eigenvalue weighted by atomic mass is 10.2. The Morgan fingerprint density at radius 2 is 2.05 bits per heavy atom. The Morgan fingerprint density at radius 1 is 1.30 bits per heavy atom. The molecule has 2 rings (SSSR count). The number of ether oxygens (including phenoxy) is 2. The summed E-state index contributed by atoms with van der Waals surface area (Å²) in [7, 11) is 1.47. The fraction of sp³-hybridized carbons (Fsp3) is 0.143. The predicted molar refractivity (Wildman–Crippen MR) is 80.3 cm³/mol. The average molecular weight is 359 g/mol. The van der Waals surface area contributed by atoms with Crippen LogP contribution in [0.5, 0.6) is 17.2 Å². The van der Waals surface area contributed by atoms with Crippen LogP contribution in [0.4, 0.5) is 4.39 Å². The molecular weight excluding hydrogens is 347 g/mol. The molecule has 0 unspecified atom stereocenters. The van der Waals surface area contributed by atoms with Gasteiger partial charge >= 0.3 is 0 Å². The zero-order valence-corrected chi connectivity index (χ0v) is 13.0. The third-order valence-electron chi connectivity index (χ3n) is 2.70. The number of halogens is 2. The summed E-state index contributed by atoms with van der Waals surface area (Å²) in [5, 5.41) is 9.60. The van der Waals surface area contributed by atoms with Crippen molar-refractivity contribution in [2.24, 2.45) is 0 Å². The van der Waals surface area contributed by atoms with Crippen molar-refractivity contribution < 1.29 is 19.0 Å². The van der Waals surface area contributed by atoms with E-state index in [2.05, 4.69) is 28.6 Å². The minimum atomic E-state index is -0.407. The lowest BCUT2D eigenvalue weighted by Crippen LogP contribution is -2.02. The molecule has 2 aromatic rings. The normalized spacial score (nSPS) is 10.4. The summed E-state index contributed by atoms with van der Waals surface area (Å²) >= 11 is 7.38. The highest BCUT2D eigenvalue weighted by Crippen LogP contribution is 2.35. The molecule has 0 aliphatic carbocycles. The molecule has 3 nitrogen and oxygen atoms in total. The van der Waals surface area contributed by atoms with Crippen LogP contribution in [0.1, 0.15) is 5.56 Å². The van der Waals surface area contributed by atoms with Gasteiger partial charge < -0.3 is 14.6 Å². The molecule has 0 saturated carbocycles. The molecule has 0 atom stereocenters. The Balaban J connectivity index is 2.23. The monoisotopic (exact) mass is 358 g/mol. The van der Waals surface area contributed by atoms with E-state index in [1.54, 1.807) is 18.2 Å². The molecule has 6 heteroatoms. The van der Waals surface area contributed by atoms with Crippen LogP contribution in [0.3, 0.4) is 0 Å². The van der Waals surface area contributed by atoms with Crippen LogP contribution in [0, 0.1) is 5.82 Å². The van der Waals surface area contributed by atoms with Crippen molar-refractivity contribution in [3.8, 4) is 17.2 Å². The molecule has 0 amide bonds. The van der Waals surface area contributed by atoms with Gasteiger partial charge in [0.1, 0.15) is 29.7 Å². The maximum absolute atomic E-state index is 13.8. The van der Waals surface area contributed by atoms with E-state index >= 15 is 0 Å². The molecular formula is C14H12BrFO3S. The molecule has 0 aromatic heterocycles. The van der Waals surface area contributed by atoms with Crippen LogP contribution in [0.25, 0.3) is 0 Å². The zero-order valence-electron chi connectivity index (χ0n) is 10.6. The Bertz CT molecular complexity index is 634. The van der Waals surface area contributed by atoms with Crippen LogP contribution in [0.2, 0.25) is 0 Å². The Hall–Kier alpha value is -1.40. The molecule has 0 saturated heterocycles. The molecule has 0 aliphatic heterocycles. The number of benzene rings is 2. The smallest absolute Gasteiger partial charge is 0.137 e.